The molecule has 0 aliphatic heterocycles. The van der Waals surface area contributed by atoms with E-state index in [0.29, 0.717) is 6.04 Å². The van der Waals surface area contributed by atoms with Crippen molar-refractivity contribution in [3.05, 3.63) is 42.2 Å². The summed E-state index contributed by atoms with van der Waals surface area (Å²) >= 11 is 0. The quantitative estimate of drug-likeness (QED) is 0.775. The van der Waals surface area contributed by atoms with Crippen molar-refractivity contribution in [3.63, 3.8) is 0 Å². The van der Waals surface area contributed by atoms with Crippen LogP contribution in [0.3, 0.4) is 0 Å². The van der Waals surface area contributed by atoms with E-state index in [-0.39, 0.29) is 0 Å². The minimum absolute atomic E-state index is 0.571. The molecule has 0 aliphatic carbocycles. The number of aromatic nitrogens is 1. The summed E-state index contributed by atoms with van der Waals surface area (Å²) in [5.74, 6) is 0. The number of fused-ring (bicyclic) bond motifs is 1. The molecule has 18 heavy (non-hydrogen) atoms. The second-order valence-electron chi connectivity index (χ2n) is 3.99. The SMILES string of the molecule is CO[Si](Cc1cc2ccccc2cn1)(OC)OC. The monoisotopic (exact) mass is 263 g/mol. The van der Waals surface area contributed by atoms with Crippen molar-refractivity contribution in [3.8, 4) is 0 Å². The van der Waals surface area contributed by atoms with Gasteiger partial charge in [0.15, 0.2) is 0 Å². The molecule has 0 N–H and O–H groups in total. The van der Waals surface area contributed by atoms with E-state index in [9.17, 15) is 0 Å². The first-order valence-electron chi connectivity index (χ1n) is 5.72. The first kappa shape index (κ1) is 13.2. The normalized spacial score (nSPS) is 11.9. The van der Waals surface area contributed by atoms with E-state index in [1.165, 1.54) is 0 Å². The summed E-state index contributed by atoms with van der Waals surface area (Å²) in [6.45, 7) is 0. The lowest BCUT2D eigenvalue weighted by Crippen LogP contribution is -2.45. The van der Waals surface area contributed by atoms with Gasteiger partial charge in [-0.25, -0.2) is 0 Å². The van der Waals surface area contributed by atoms with E-state index in [2.05, 4.69) is 11.1 Å². The molecule has 0 spiro atoms. The average molecular weight is 263 g/mol. The Kier molecular flexibility index (Phi) is 4.08. The Morgan fingerprint density at radius 3 is 2.22 bits per heavy atom. The summed E-state index contributed by atoms with van der Waals surface area (Å²) in [4.78, 5) is 4.43. The first-order valence-corrected chi connectivity index (χ1v) is 7.65. The van der Waals surface area contributed by atoms with Crippen LogP contribution in [0, 0.1) is 0 Å². The molecule has 1 aromatic heterocycles. The number of nitrogens with zero attached hydrogens (tertiary/aromatic N) is 1. The van der Waals surface area contributed by atoms with Gasteiger partial charge >= 0.3 is 8.80 Å². The van der Waals surface area contributed by atoms with Crippen molar-refractivity contribution in [1.29, 1.82) is 0 Å². The van der Waals surface area contributed by atoms with Crippen LogP contribution in [0.25, 0.3) is 10.8 Å². The summed E-state index contributed by atoms with van der Waals surface area (Å²) in [5.41, 5.74) is 0.922. The number of hydrogen-bond acceptors (Lipinski definition) is 4. The van der Waals surface area contributed by atoms with Gasteiger partial charge < -0.3 is 13.3 Å². The van der Waals surface area contributed by atoms with E-state index in [0.717, 1.165) is 16.5 Å². The molecule has 2 aromatic rings. The Morgan fingerprint density at radius 1 is 1.00 bits per heavy atom. The molecule has 0 bridgehead atoms. The fourth-order valence-corrected chi connectivity index (χ4v) is 3.48. The third-order valence-electron chi connectivity index (χ3n) is 3.02. The highest BCUT2D eigenvalue weighted by atomic mass is 28.4. The van der Waals surface area contributed by atoms with Crippen LogP contribution in [0.5, 0.6) is 0 Å². The topological polar surface area (TPSA) is 40.6 Å². The van der Waals surface area contributed by atoms with Crippen LogP contribution in [0.1, 0.15) is 5.69 Å². The Balaban J connectivity index is 2.31. The van der Waals surface area contributed by atoms with Crippen LogP contribution in [0.15, 0.2) is 36.5 Å². The Labute approximate surface area is 108 Å². The van der Waals surface area contributed by atoms with Gasteiger partial charge in [0.1, 0.15) is 0 Å². The molecule has 5 heteroatoms. The Hall–Kier alpha value is -1.27. The molecule has 2 rings (SSSR count). The lowest BCUT2D eigenvalue weighted by atomic mass is 10.1. The molecule has 0 saturated carbocycles. The van der Waals surface area contributed by atoms with Crippen LogP contribution >= 0.6 is 0 Å². The van der Waals surface area contributed by atoms with Gasteiger partial charge in [0.2, 0.25) is 0 Å². The van der Waals surface area contributed by atoms with Gasteiger partial charge in [-0.3, -0.25) is 4.98 Å². The zero-order chi connectivity index (χ0) is 13.0. The zero-order valence-corrected chi connectivity index (χ0v) is 11.8. The highest BCUT2D eigenvalue weighted by Crippen LogP contribution is 2.17. The molecule has 96 valence electrons. The minimum Gasteiger partial charge on any atom is -0.377 e. The predicted molar refractivity (Wildman–Crippen MR) is 72.2 cm³/mol. The molecule has 0 radical (unpaired) electrons. The molecular formula is C13H17NO3Si. The third-order valence-corrected chi connectivity index (χ3v) is 5.68. The van der Waals surface area contributed by atoms with Crippen molar-refractivity contribution in [2.45, 2.75) is 6.04 Å². The lowest BCUT2D eigenvalue weighted by molar-refractivity contribution is 0.122. The summed E-state index contributed by atoms with van der Waals surface area (Å²) in [7, 11) is 2.23. The fraction of sp³-hybridized carbons (Fsp3) is 0.308. The summed E-state index contributed by atoms with van der Waals surface area (Å²) < 4.78 is 16.2. The van der Waals surface area contributed by atoms with Crippen LogP contribution in [0.4, 0.5) is 0 Å². The lowest BCUT2D eigenvalue weighted by Gasteiger charge is -2.23. The highest BCUT2D eigenvalue weighted by Gasteiger charge is 2.38. The molecule has 0 atom stereocenters. The molecule has 0 fully saturated rings. The molecule has 4 nitrogen and oxygen atoms in total. The van der Waals surface area contributed by atoms with E-state index in [1.54, 1.807) is 21.3 Å². The second-order valence-corrected chi connectivity index (χ2v) is 6.94. The van der Waals surface area contributed by atoms with Crippen molar-refractivity contribution in [2.24, 2.45) is 0 Å². The van der Waals surface area contributed by atoms with Crippen LogP contribution in [0.2, 0.25) is 0 Å². The van der Waals surface area contributed by atoms with Gasteiger partial charge in [-0.15, -0.1) is 0 Å². The molecule has 0 aliphatic rings. The zero-order valence-electron chi connectivity index (χ0n) is 10.8. The summed E-state index contributed by atoms with van der Waals surface area (Å²) in [6.07, 6.45) is 1.87. The largest absolute Gasteiger partial charge is 0.506 e. The Morgan fingerprint density at radius 2 is 1.61 bits per heavy atom. The number of rotatable bonds is 5. The summed E-state index contributed by atoms with van der Waals surface area (Å²) in [6, 6.07) is 10.7. The fourth-order valence-electron chi connectivity index (χ4n) is 1.91. The summed E-state index contributed by atoms with van der Waals surface area (Å²) in [5, 5.41) is 2.29. The van der Waals surface area contributed by atoms with Crippen LogP contribution < -0.4 is 0 Å². The van der Waals surface area contributed by atoms with Crippen LogP contribution in [-0.4, -0.2) is 35.1 Å². The average Bonchev–Trinajstić information content (AvgIpc) is 2.45. The number of benzene rings is 1. The maximum atomic E-state index is 5.41. The predicted octanol–water partition coefficient (Wildman–Crippen LogP) is 2.19. The van der Waals surface area contributed by atoms with Crippen molar-refractivity contribution < 1.29 is 13.3 Å². The standard InChI is InChI=1S/C13H17NO3Si/c1-15-18(16-2,17-3)10-13-8-11-6-4-5-7-12(11)9-14-13/h4-9H,10H2,1-3H3. The molecule has 1 heterocycles. The van der Waals surface area contributed by atoms with Gasteiger partial charge in [-0.1, -0.05) is 24.3 Å². The maximum absolute atomic E-state index is 5.41. The second kappa shape index (κ2) is 5.58. The van der Waals surface area contributed by atoms with Crippen molar-refractivity contribution in [2.75, 3.05) is 21.3 Å². The van der Waals surface area contributed by atoms with Gasteiger partial charge in [-0.05, 0) is 11.5 Å². The molecule has 1 aromatic carbocycles. The number of pyridine rings is 1. The van der Waals surface area contributed by atoms with E-state index in [4.69, 9.17) is 13.3 Å². The molecule has 0 saturated heterocycles. The van der Waals surface area contributed by atoms with E-state index in [1.807, 2.05) is 30.5 Å². The molecule has 0 unspecified atom stereocenters. The van der Waals surface area contributed by atoms with Crippen molar-refractivity contribution >= 4 is 19.6 Å². The third kappa shape index (κ3) is 2.59. The number of hydrogen-bond donors (Lipinski definition) is 0. The smallest absolute Gasteiger partial charge is 0.377 e. The Bertz CT molecular complexity index is 520. The van der Waals surface area contributed by atoms with Gasteiger partial charge in [-0.2, -0.15) is 0 Å². The van der Waals surface area contributed by atoms with E-state index >= 15 is 0 Å². The van der Waals surface area contributed by atoms with E-state index < -0.39 is 8.80 Å². The van der Waals surface area contributed by atoms with Gasteiger partial charge in [0, 0.05) is 38.6 Å². The minimum atomic E-state index is -2.61. The van der Waals surface area contributed by atoms with Crippen LogP contribution in [-0.2, 0) is 19.3 Å². The van der Waals surface area contributed by atoms with Gasteiger partial charge in [0.25, 0.3) is 0 Å². The maximum Gasteiger partial charge on any atom is 0.506 e. The van der Waals surface area contributed by atoms with Crippen molar-refractivity contribution in [1.82, 2.24) is 4.98 Å². The first-order chi connectivity index (χ1) is 8.73. The highest BCUT2D eigenvalue weighted by molar-refractivity contribution is 6.60. The van der Waals surface area contributed by atoms with Gasteiger partial charge in [0.05, 0.1) is 6.04 Å². The molecular weight excluding hydrogens is 246 g/mol. The molecule has 0 amide bonds.